The molecule has 0 N–H and O–H groups in total. The predicted molar refractivity (Wildman–Crippen MR) is 128 cm³/mol. The smallest absolute Gasteiger partial charge is 0.411 e. The maximum absolute atomic E-state index is 13.2. The number of carbonyl (C=O) groups is 1. The average molecular weight is 497 g/mol. The molecule has 0 radical (unpaired) electrons. The number of aromatic nitrogens is 2. The summed E-state index contributed by atoms with van der Waals surface area (Å²) in [6.07, 6.45) is -3.15. The Bertz CT molecular complexity index is 1340. The Balaban J connectivity index is 1.55. The van der Waals surface area contributed by atoms with Gasteiger partial charge < -0.3 is 4.42 Å². The van der Waals surface area contributed by atoms with Crippen molar-refractivity contribution in [1.82, 2.24) is 10.2 Å². The van der Waals surface area contributed by atoms with Crippen LogP contribution in [0, 0.1) is 6.92 Å². The van der Waals surface area contributed by atoms with E-state index < -0.39 is 17.6 Å². The molecule has 0 saturated heterocycles. The average Bonchev–Trinajstić information content (AvgIpc) is 3.32. The highest BCUT2D eigenvalue weighted by Crippen LogP contribution is 2.32. The van der Waals surface area contributed by atoms with E-state index in [0.29, 0.717) is 11.5 Å². The van der Waals surface area contributed by atoms with E-state index in [1.165, 1.54) is 18.3 Å². The highest BCUT2D eigenvalue weighted by molar-refractivity contribution is 7.99. The van der Waals surface area contributed by atoms with Gasteiger partial charge >= 0.3 is 6.18 Å². The standard InChI is InChI=1S/C25H19F3N4O2S/c1-17-8-5-6-13-21(17)23-30-31-24(34-23)35-16-22(33)32(29-15-18-9-3-2-4-10-18)20-12-7-11-19(14-20)25(26,27)28/h2-15H,16H2,1H3. The number of benzene rings is 3. The van der Waals surface area contributed by atoms with Gasteiger partial charge in [0, 0.05) is 5.56 Å². The van der Waals surface area contributed by atoms with Gasteiger partial charge in [0.1, 0.15) is 0 Å². The van der Waals surface area contributed by atoms with Crippen LogP contribution in [0.1, 0.15) is 16.7 Å². The van der Waals surface area contributed by atoms with Crippen LogP contribution in [0.3, 0.4) is 0 Å². The van der Waals surface area contributed by atoms with Crippen LogP contribution in [0.2, 0.25) is 0 Å². The van der Waals surface area contributed by atoms with Crippen LogP contribution in [0.25, 0.3) is 11.5 Å². The number of thioether (sulfide) groups is 1. The van der Waals surface area contributed by atoms with Crippen molar-refractivity contribution in [3.8, 4) is 11.5 Å². The molecular formula is C25H19F3N4O2S. The first-order chi connectivity index (χ1) is 16.8. The largest absolute Gasteiger partial charge is 0.416 e. The second-order valence-electron chi connectivity index (χ2n) is 7.39. The molecule has 0 aliphatic carbocycles. The summed E-state index contributed by atoms with van der Waals surface area (Å²) >= 11 is 0.977. The molecule has 1 amide bonds. The Morgan fingerprint density at radius 3 is 2.51 bits per heavy atom. The van der Waals surface area contributed by atoms with Gasteiger partial charge in [0.15, 0.2) is 0 Å². The molecule has 35 heavy (non-hydrogen) atoms. The number of nitrogens with zero attached hydrogens (tertiary/aromatic N) is 4. The van der Waals surface area contributed by atoms with Crippen LogP contribution in [0.15, 0.2) is 93.6 Å². The zero-order chi connectivity index (χ0) is 24.8. The van der Waals surface area contributed by atoms with Crippen LogP contribution in [-0.2, 0) is 11.0 Å². The Labute approximate surface area is 203 Å². The SMILES string of the molecule is Cc1ccccc1-c1nnc(SCC(=O)N(N=Cc2ccccc2)c2cccc(C(F)(F)F)c2)o1. The summed E-state index contributed by atoms with van der Waals surface area (Å²) in [5.74, 6) is -0.426. The first-order valence-electron chi connectivity index (χ1n) is 10.4. The molecule has 4 rings (SSSR count). The summed E-state index contributed by atoms with van der Waals surface area (Å²) in [6, 6.07) is 20.9. The Kier molecular flexibility index (Phi) is 7.31. The number of hydrogen-bond donors (Lipinski definition) is 0. The third-order valence-electron chi connectivity index (χ3n) is 4.88. The number of anilines is 1. The van der Waals surface area contributed by atoms with Crippen molar-refractivity contribution in [2.24, 2.45) is 5.10 Å². The molecule has 6 nitrogen and oxygen atoms in total. The number of amides is 1. The summed E-state index contributed by atoms with van der Waals surface area (Å²) in [6.45, 7) is 1.91. The van der Waals surface area contributed by atoms with E-state index in [0.717, 1.165) is 40.0 Å². The number of carbonyl (C=O) groups excluding carboxylic acids is 1. The number of rotatable bonds is 7. The number of hydrogen-bond acceptors (Lipinski definition) is 6. The van der Waals surface area contributed by atoms with Crippen molar-refractivity contribution in [2.45, 2.75) is 18.3 Å². The normalized spacial score (nSPS) is 11.7. The van der Waals surface area contributed by atoms with Crippen molar-refractivity contribution >= 4 is 29.6 Å². The van der Waals surface area contributed by atoms with Gasteiger partial charge in [-0.05, 0) is 42.3 Å². The molecule has 0 bridgehead atoms. The van der Waals surface area contributed by atoms with Crippen molar-refractivity contribution in [1.29, 1.82) is 0 Å². The molecule has 10 heteroatoms. The van der Waals surface area contributed by atoms with Crippen molar-refractivity contribution in [2.75, 3.05) is 10.8 Å². The number of aryl methyl sites for hydroxylation is 1. The predicted octanol–water partition coefficient (Wildman–Crippen LogP) is 6.22. The van der Waals surface area contributed by atoms with Crippen LogP contribution >= 0.6 is 11.8 Å². The van der Waals surface area contributed by atoms with Crippen LogP contribution in [0.4, 0.5) is 18.9 Å². The molecule has 4 aromatic rings. The highest BCUT2D eigenvalue weighted by Gasteiger charge is 2.31. The molecule has 0 aliphatic rings. The molecule has 0 atom stereocenters. The van der Waals surface area contributed by atoms with E-state index in [9.17, 15) is 18.0 Å². The van der Waals surface area contributed by atoms with Crippen LogP contribution < -0.4 is 5.01 Å². The summed E-state index contributed by atoms with van der Waals surface area (Å²) in [7, 11) is 0. The Morgan fingerprint density at radius 1 is 1.03 bits per heavy atom. The molecular weight excluding hydrogens is 477 g/mol. The second-order valence-corrected chi connectivity index (χ2v) is 8.31. The highest BCUT2D eigenvalue weighted by atomic mass is 32.2. The minimum Gasteiger partial charge on any atom is -0.411 e. The van der Waals surface area contributed by atoms with Gasteiger partial charge in [0.2, 0.25) is 5.89 Å². The number of hydrazone groups is 1. The molecule has 1 aromatic heterocycles. The third-order valence-corrected chi connectivity index (χ3v) is 5.68. The van der Waals surface area contributed by atoms with Gasteiger partial charge in [0.05, 0.1) is 23.2 Å². The monoisotopic (exact) mass is 496 g/mol. The van der Waals surface area contributed by atoms with Crippen LogP contribution in [-0.4, -0.2) is 28.1 Å². The van der Waals surface area contributed by atoms with Crippen LogP contribution in [0.5, 0.6) is 0 Å². The number of halogens is 3. The first-order valence-corrected chi connectivity index (χ1v) is 11.4. The third kappa shape index (κ3) is 6.15. The van der Waals surface area contributed by atoms with E-state index in [-0.39, 0.29) is 16.7 Å². The van der Waals surface area contributed by atoms with Gasteiger partial charge in [0.25, 0.3) is 11.1 Å². The molecule has 0 saturated carbocycles. The van der Waals surface area contributed by atoms with E-state index in [4.69, 9.17) is 4.42 Å². The summed E-state index contributed by atoms with van der Waals surface area (Å²) in [5, 5.41) is 13.3. The second kappa shape index (κ2) is 10.6. The van der Waals surface area contributed by atoms with Gasteiger partial charge in [-0.25, -0.2) is 5.01 Å². The van der Waals surface area contributed by atoms with E-state index in [1.54, 1.807) is 24.3 Å². The van der Waals surface area contributed by atoms with Gasteiger partial charge in [-0.2, -0.15) is 18.3 Å². The zero-order valence-corrected chi connectivity index (χ0v) is 19.3. The lowest BCUT2D eigenvalue weighted by molar-refractivity contribution is -0.137. The van der Waals surface area contributed by atoms with Crippen molar-refractivity contribution in [3.05, 3.63) is 95.6 Å². The minimum absolute atomic E-state index is 0.0104. The van der Waals surface area contributed by atoms with Gasteiger partial charge in [-0.1, -0.05) is 66.4 Å². The minimum atomic E-state index is -4.56. The lowest BCUT2D eigenvalue weighted by Crippen LogP contribution is -2.27. The fourth-order valence-electron chi connectivity index (χ4n) is 3.13. The lowest BCUT2D eigenvalue weighted by Gasteiger charge is -2.18. The van der Waals surface area contributed by atoms with E-state index in [1.807, 2.05) is 37.3 Å². The maximum Gasteiger partial charge on any atom is 0.416 e. The lowest BCUT2D eigenvalue weighted by atomic mass is 10.1. The molecule has 3 aromatic carbocycles. The molecule has 178 valence electrons. The van der Waals surface area contributed by atoms with Crippen molar-refractivity contribution in [3.63, 3.8) is 0 Å². The molecule has 0 spiro atoms. The topological polar surface area (TPSA) is 71.6 Å². The molecule has 0 unspecified atom stereocenters. The van der Waals surface area contributed by atoms with E-state index >= 15 is 0 Å². The first kappa shape index (κ1) is 24.2. The molecule has 1 heterocycles. The van der Waals surface area contributed by atoms with Gasteiger partial charge in [-0.3, -0.25) is 4.79 Å². The van der Waals surface area contributed by atoms with Crippen molar-refractivity contribution < 1.29 is 22.4 Å². The summed E-state index contributed by atoms with van der Waals surface area (Å²) in [4.78, 5) is 13.1. The Hall–Kier alpha value is -3.92. The quantitative estimate of drug-likeness (QED) is 0.173. The summed E-state index contributed by atoms with van der Waals surface area (Å²) in [5.41, 5.74) is 1.52. The fourth-order valence-corrected chi connectivity index (χ4v) is 3.73. The molecule has 0 fully saturated rings. The van der Waals surface area contributed by atoms with E-state index in [2.05, 4.69) is 15.3 Å². The fraction of sp³-hybridized carbons (Fsp3) is 0.120. The molecule has 0 aliphatic heterocycles. The zero-order valence-electron chi connectivity index (χ0n) is 18.4. The van der Waals surface area contributed by atoms with Gasteiger partial charge in [-0.15, -0.1) is 10.2 Å². The Morgan fingerprint density at radius 2 is 1.77 bits per heavy atom. The number of alkyl halides is 3. The maximum atomic E-state index is 13.2. The summed E-state index contributed by atoms with van der Waals surface area (Å²) < 4.78 is 45.4.